The Morgan fingerprint density at radius 2 is 1.50 bits per heavy atom. The van der Waals surface area contributed by atoms with Crippen LogP contribution in [0.1, 0.15) is 28.4 Å². The second kappa shape index (κ2) is 9.88. The molecule has 0 atom stereocenters. The number of aryl methyl sites for hydroxylation is 1. The largest absolute Gasteiger partial charge is 0.326 e. The smallest absolute Gasteiger partial charge is 0.255 e. The van der Waals surface area contributed by atoms with Crippen molar-refractivity contribution < 1.29 is 9.59 Å². The van der Waals surface area contributed by atoms with Crippen LogP contribution in [0.2, 0.25) is 0 Å². The molecule has 0 fully saturated rings. The number of nitrogens with zero attached hydrogens (tertiary/aromatic N) is 2. The second-order valence-corrected chi connectivity index (χ2v) is 8.79. The number of anilines is 2. The van der Waals surface area contributed by atoms with E-state index in [9.17, 15) is 9.59 Å². The van der Waals surface area contributed by atoms with Gasteiger partial charge in [0.25, 0.3) is 5.91 Å². The highest BCUT2D eigenvalue weighted by atomic mass is 16.2. The minimum absolute atomic E-state index is 0.112. The molecule has 6 heteroatoms. The number of amides is 2. The van der Waals surface area contributed by atoms with Gasteiger partial charge in [-0.25, -0.2) is 4.98 Å². The van der Waals surface area contributed by atoms with Crippen LogP contribution in [-0.4, -0.2) is 21.4 Å². The summed E-state index contributed by atoms with van der Waals surface area (Å²) in [5.41, 5.74) is 7.08. The van der Waals surface area contributed by atoms with Gasteiger partial charge >= 0.3 is 0 Å². The maximum Gasteiger partial charge on any atom is 0.255 e. The Bertz CT molecular complexity index is 1540. The van der Waals surface area contributed by atoms with E-state index in [0.29, 0.717) is 17.8 Å². The fourth-order valence-corrected chi connectivity index (χ4v) is 4.16. The Morgan fingerprint density at radius 3 is 2.19 bits per heavy atom. The fourth-order valence-electron chi connectivity index (χ4n) is 4.16. The van der Waals surface area contributed by atoms with Crippen molar-refractivity contribution in [3.8, 4) is 11.4 Å². The van der Waals surface area contributed by atoms with Crippen LogP contribution < -0.4 is 10.6 Å². The molecule has 0 aliphatic rings. The number of rotatable bonds is 6. The van der Waals surface area contributed by atoms with E-state index in [2.05, 4.69) is 46.4 Å². The lowest BCUT2D eigenvalue weighted by Crippen LogP contribution is -2.11. The van der Waals surface area contributed by atoms with E-state index >= 15 is 0 Å². The first-order valence-corrected chi connectivity index (χ1v) is 11.8. The fraction of sp³-hybridized carbons (Fsp3) is 0.100. The highest BCUT2D eigenvalue weighted by molar-refractivity contribution is 6.05. The normalized spacial score (nSPS) is 10.8. The van der Waals surface area contributed by atoms with Crippen LogP contribution >= 0.6 is 0 Å². The van der Waals surface area contributed by atoms with E-state index in [1.807, 2.05) is 60.7 Å². The van der Waals surface area contributed by atoms with Crippen molar-refractivity contribution in [3.63, 3.8) is 0 Å². The molecule has 0 saturated heterocycles. The van der Waals surface area contributed by atoms with Crippen molar-refractivity contribution in [2.45, 2.75) is 20.4 Å². The number of nitrogens with one attached hydrogen (secondary N) is 2. The van der Waals surface area contributed by atoms with Crippen LogP contribution in [0.4, 0.5) is 11.4 Å². The average Bonchev–Trinajstić information content (AvgIpc) is 3.23. The molecule has 2 N–H and O–H groups in total. The van der Waals surface area contributed by atoms with Gasteiger partial charge in [0.15, 0.2) is 0 Å². The van der Waals surface area contributed by atoms with Crippen molar-refractivity contribution in [1.82, 2.24) is 9.55 Å². The van der Waals surface area contributed by atoms with E-state index in [0.717, 1.165) is 33.7 Å². The lowest BCUT2D eigenvalue weighted by molar-refractivity contribution is -0.114. The molecule has 0 aliphatic heterocycles. The second-order valence-electron chi connectivity index (χ2n) is 8.79. The molecule has 1 aromatic heterocycles. The molecular formula is C30H26N4O2. The number of benzene rings is 4. The average molecular weight is 475 g/mol. The van der Waals surface area contributed by atoms with Gasteiger partial charge in [-0.3, -0.25) is 9.59 Å². The van der Waals surface area contributed by atoms with Gasteiger partial charge < -0.3 is 15.2 Å². The zero-order valence-corrected chi connectivity index (χ0v) is 20.2. The number of hydrogen-bond acceptors (Lipinski definition) is 3. The van der Waals surface area contributed by atoms with Gasteiger partial charge in [0.05, 0.1) is 11.0 Å². The summed E-state index contributed by atoms with van der Waals surface area (Å²) in [6, 6.07) is 31.0. The number of aromatic nitrogens is 2. The Morgan fingerprint density at radius 1 is 0.806 bits per heavy atom. The first kappa shape index (κ1) is 23.1. The minimum Gasteiger partial charge on any atom is -0.326 e. The molecule has 0 saturated carbocycles. The lowest BCUT2D eigenvalue weighted by Gasteiger charge is -2.11. The Hall–Kier alpha value is -4.71. The molecule has 5 aromatic rings. The molecule has 178 valence electrons. The van der Waals surface area contributed by atoms with Gasteiger partial charge in [0.1, 0.15) is 5.82 Å². The predicted molar refractivity (Wildman–Crippen MR) is 144 cm³/mol. The summed E-state index contributed by atoms with van der Waals surface area (Å²) in [7, 11) is 0. The third-order valence-corrected chi connectivity index (χ3v) is 5.97. The molecule has 5 rings (SSSR count). The molecule has 6 nitrogen and oxygen atoms in total. The standard InChI is InChI=1S/C30H26N4O2/c1-20-8-10-22(11-9-20)19-34-28-17-16-26(32-30(36)24-6-4-3-5-7-24)18-27(28)33-29(34)23-12-14-25(15-13-23)31-21(2)35/h3-18H,19H2,1-2H3,(H,31,35)(H,32,36). The first-order chi connectivity index (χ1) is 17.5. The molecule has 36 heavy (non-hydrogen) atoms. The van der Waals surface area contributed by atoms with Crippen molar-refractivity contribution in [1.29, 1.82) is 0 Å². The van der Waals surface area contributed by atoms with Crippen molar-refractivity contribution >= 4 is 34.2 Å². The van der Waals surface area contributed by atoms with Crippen LogP contribution in [0.5, 0.6) is 0 Å². The van der Waals surface area contributed by atoms with Crippen LogP contribution in [-0.2, 0) is 11.3 Å². The van der Waals surface area contributed by atoms with Gasteiger partial charge in [-0.1, -0.05) is 48.0 Å². The quantitative estimate of drug-likeness (QED) is 0.304. The van der Waals surface area contributed by atoms with Crippen molar-refractivity contribution in [2.24, 2.45) is 0 Å². The van der Waals surface area contributed by atoms with Crippen molar-refractivity contribution in [2.75, 3.05) is 10.6 Å². The summed E-state index contributed by atoms with van der Waals surface area (Å²) in [5, 5.41) is 5.77. The molecule has 4 aromatic carbocycles. The monoisotopic (exact) mass is 474 g/mol. The molecule has 1 heterocycles. The third-order valence-electron chi connectivity index (χ3n) is 5.97. The third kappa shape index (κ3) is 5.03. The van der Waals surface area contributed by atoms with Gasteiger partial charge in [-0.15, -0.1) is 0 Å². The van der Waals surface area contributed by atoms with Gasteiger partial charge in [0.2, 0.25) is 5.91 Å². The summed E-state index contributed by atoms with van der Waals surface area (Å²) in [6.45, 7) is 4.21. The Labute approximate surface area is 209 Å². The molecular weight excluding hydrogens is 448 g/mol. The highest BCUT2D eigenvalue weighted by Gasteiger charge is 2.15. The topological polar surface area (TPSA) is 76.0 Å². The van der Waals surface area contributed by atoms with Crippen LogP contribution in [0.3, 0.4) is 0 Å². The number of carbonyl (C=O) groups is 2. The minimum atomic E-state index is -0.164. The Balaban J connectivity index is 1.53. The molecule has 0 spiro atoms. The van der Waals surface area contributed by atoms with E-state index in [4.69, 9.17) is 4.98 Å². The van der Waals surface area contributed by atoms with Gasteiger partial charge in [-0.2, -0.15) is 0 Å². The maximum absolute atomic E-state index is 12.7. The van der Waals surface area contributed by atoms with Crippen molar-refractivity contribution in [3.05, 3.63) is 114 Å². The van der Waals surface area contributed by atoms with Crippen LogP contribution in [0, 0.1) is 6.92 Å². The van der Waals surface area contributed by atoms with Crippen LogP contribution in [0.15, 0.2) is 97.1 Å². The van der Waals surface area contributed by atoms with E-state index in [1.165, 1.54) is 12.5 Å². The number of hydrogen-bond donors (Lipinski definition) is 2. The SMILES string of the molecule is CC(=O)Nc1ccc(-c2nc3cc(NC(=O)c4ccccc4)ccc3n2Cc2ccc(C)cc2)cc1. The summed E-state index contributed by atoms with van der Waals surface area (Å²) in [5.74, 6) is 0.536. The highest BCUT2D eigenvalue weighted by Crippen LogP contribution is 2.29. The van der Waals surface area contributed by atoms with E-state index in [1.54, 1.807) is 12.1 Å². The molecule has 0 radical (unpaired) electrons. The predicted octanol–water partition coefficient (Wildman–Crippen LogP) is 6.27. The maximum atomic E-state index is 12.7. The number of imidazole rings is 1. The zero-order valence-electron chi connectivity index (χ0n) is 20.2. The molecule has 0 aliphatic carbocycles. The molecule has 0 unspecified atom stereocenters. The van der Waals surface area contributed by atoms with E-state index in [-0.39, 0.29) is 11.8 Å². The number of carbonyl (C=O) groups excluding carboxylic acids is 2. The summed E-state index contributed by atoms with van der Waals surface area (Å²) >= 11 is 0. The number of fused-ring (bicyclic) bond motifs is 1. The zero-order chi connectivity index (χ0) is 25.1. The van der Waals surface area contributed by atoms with Gasteiger partial charge in [0, 0.05) is 36.0 Å². The van der Waals surface area contributed by atoms with Gasteiger partial charge in [-0.05, 0) is 67.1 Å². The molecule has 2 amide bonds. The Kier molecular flexibility index (Phi) is 6.33. The summed E-state index contributed by atoms with van der Waals surface area (Å²) in [4.78, 5) is 29.0. The summed E-state index contributed by atoms with van der Waals surface area (Å²) in [6.07, 6.45) is 0. The lowest BCUT2D eigenvalue weighted by atomic mass is 10.1. The summed E-state index contributed by atoms with van der Waals surface area (Å²) < 4.78 is 2.18. The van der Waals surface area contributed by atoms with E-state index < -0.39 is 0 Å². The first-order valence-electron chi connectivity index (χ1n) is 11.8. The van der Waals surface area contributed by atoms with Crippen LogP contribution in [0.25, 0.3) is 22.4 Å². The molecule has 0 bridgehead atoms.